The fraction of sp³-hybridized carbons (Fsp3) is 0.333. The van der Waals surface area contributed by atoms with Gasteiger partial charge < -0.3 is 9.29 Å². The van der Waals surface area contributed by atoms with Crippen molar-refractivity contribution in [3.63, 3.8) is 0 Å². The maximum atomic E-state index is 11.9. The predicted octanol–water partition coefficient (Wildman–Crippen LogP) is 2.35. The average molecular weight is 282 g/mol. The van der Waals surface area contributed by atoms with Gasteiger partial charge in [0, 0.05) is 29.4 Å². The monoisotopic (exact) mass is 282 g/mol. The number of nitrogens with zero attached hydrogens (tertiary/aromatic N) is 2. The molecule has 2 aromatic heterocycles. The molecule has 2 aromatic rings. The maximum absolute atomic E-state index is 11.9. The summed E-state index contributed by atoms with van der Waals surface area (Å²) in [6, 6.07) is 5.66. The van der Waals surface area contributed by atoms with E-state index in [0.717, 1.165) is 11.4 Å². The molecule has 0 fully saturated rings. The van der Waals surface area contributed by atoms with Crippen LogP contribution in [0.1, 0.15) is 6.92 Å². The molecule has 2 heterocycles. The van der Waals surface area contributed by atoms with Crippen LogP contribution in [0.5, 0.6) is 0 Å². The van der Waals surface area contributed by atoms with Crippen LogP contribution in [-0.2, 0) is 15.9 Å². The van der Waals surface area contributed by atoms with Crippen LogP contribution in [0, 0.1) is 0 Å². The summed E-state index contributed by atoms with van der Waals surface area (Å²) in [5.41, 5.74) is 1.59. The van der Waals surface area contributed by atoms with E-state index in [1.54, 1.807) is 6.20 Å². The summed E-state index contributed by atoms with van der Waals surface area (Å²) in [5, 5.41) is 1.89. The number of pyridine rings is 1. The summed E-state index contributed by atoms with van der Waals surface area (Å²) in [4.78, 5) is 8.58. The van der Waals surface area contributed by atoms with Crippen LogP contribution in [0.2, 0.25) is 0 Å². The first-order valence-corrected chi connectivity index (χ1v) is 7.84. The Morgan fingerprint density at radius 3 is 3.00 bits per heavy atom. The van der Waals surface area contributed by atoms with E-state index in [0.29, 0.717) is 23.3 Å². The van der Waals surface area contributed by atoms with Crippen LogP contribution >= 0.6 is 11.3 Å². The second kappa shape index (κ2) is 6.84. The fourth-order valence-corrected chi connectivity index (χ4v) is 3.36. The van der Waals surface area contributed by atoms with Gasteiger partial charge >= 0.3 is 4.34 Å². The molecule has 4 nitrogen and oxygen atoms in total. The zero-order chi connectivity index (χ0) is 12.8. The Morgan fingerprint density at radius 2 is 2.28 bits per heavy atom. The molecule has 0 aliphatic heterocycles. The van der Waals surface area contributed by atoms with Crippen LogP contribution in [0.15, 0.2) is 34.1 Å². The quantitative estimate of drug-likeness (QED) is 0.603. The summed E-state index contributed by atoms with van der Waals surface area (Å²) < 4.78 is 17.7. The lowest BCUT2D eigenvalue weighted by molar-refractivity contribution is 0.163. The molecule has 2 rings (SSSR count). The third-order valence-corrected chi connectivity index (χ3v) is 4.72. The van der Waals surface area contributed by atoms with Gasteiger partial charge in [0.05, 0.1) is 12.3 Å². The van der Waals surface area contributed by atoms with Crippen LogP contribution < -0.4 is 0 Å². The van der Waals surface area contributed by atoms with E-state index < -0.39 is 11.2 Å². The number of aromatic nitrogens is 2. The number of hydrogen-bond acceptors (Lipinski definition) is 5. The van der Waals surface area contributed by atoms with Gasteiger partial charge in [-0.2, -0.15) is 4.98 Å². The summed E-state index contributed by atoms with van der Waals surface area (Å²) in [6.45, 7) is 3.07. The number of hydrogen-bond donors (Lipinski definition) is 0. The highest BCUT2D eigenvalue weighted by Crippen LogP contribution is 2.23. The first kappa shape index (κ1) is 13.5. The van der Waals surface area contributed by atoms with Gasteiger partial charge in [0.15, 0.2) is 0 Å². The van der Waals surface area contributed by atoms with Gasteiger partial charge in [-0.3, -0.25) is 4.98 Å². The maximum Gasteiger partial charge on any atom is 0.302 e. The van der Waals surface area contributed by atoms with Crippen molar-refractivity contribution in [3.05, 3.63) is 29.8 Å². The number of rotatable bonds is 6. The molecule has 0 N–H and O–H groups in total. The fourth-order valence-electron chi connectivity index (χ4n) is 1.36. The van der Waals surface area contributed by atoms with Crippen molar-refractivity contribution < 1.29 is 9.29 Å². The molecule has 0 saturated heterocycles. The smallest absolute Gasteiger partial charge is 0.302 e. The normalized spacial score (nSPS) is 12.6. The predicted molar refractivity (Wildman–Crippen MR) is 73.1 cm³/mol. The highest BCUT2D eigenvalue weighted by Gasteiger charge is 2.16. The third-order valence-electron chi connectivity index (χ3n) is 2.22. The third kappa shape index (κ3) is 3.52. The summed E-state index contributed by atoms with van der Waals surface area (Å²) in [7, 11) is 0. The minimum Gasteiger partial charge on any atom is -0.609 e. The lowest BCUT2D eigenvalue weighted by Crippen LogP contribution is -2.12. The molecular weight excluding hydrogens is 268 g/mol. The van der Waals surface area contributed by atoms with E-state index >= 15 is 0 Å². The van der Waals surface area contributed by atoms with Gasteiger partial charge in [-0.15, -0.1) is 0 Å². The second-order valence-electron chi connectivity index (χ2n) is 3.46. The van der Waals surface area contributed by atoms with Gasteiger partial charge in [-0.05, 0) is 19.1 Å². The zero-order valence-corrected chi connectivity index (χ0v) is 11.7. The van der Waals surface area contributed by atoms with E-state index in [1.165, 1.54) is 11.3 Å². The van der Waals surface area contributed by atoms with Crippen molar-refractivity contribution in [3.8, 4) is 11.4 Å². The SMILES string of the molecule is CCOCC[S+]([O-])c1nc(-c2ccccn2)cs1. The molecule has 0 aliphatic carbocycles. The molecule has 0 aromatic carbocycles. The van der Waals surface area contributed by atoms with E-state index in [-0.39, 0.29) is 0 Å². The second-order valence-corrected chi connectivity index (χ2v) is 6.06. The topological polar surface area (TPSA) is 58.1 Å². The van der Waals surface area contributed by atoms with Crippen LogP contribution in [0.3, 0.4) is 0 Å². The molecule has 0 radical (unpaired) electrons. The van der Waals surface area contributed by atoms with E-state index in [2.05, 4.69) is 9.97 Å². The lowest BCUT2D eigenvalue weighted by Gasteiger charge is -2.06. The summed E-state index contributed by atoms with van der Waals surface area (Å²) >= 11 is 0.320. The van der Waals surface area contributed by atoms with Crippen molar-refractivity contribution in [2.75, 3.05) is 19.0 Å². The molecule has 0 bridgehead atoms. The largest absolute Gasteiger partial charge is 0.609 e. The molecule has 6 heteroatoms. The van der Waals surface area contributed by atoms with Crippen molar-refractivity contribution in [1.82, 2.24) is 9.97 Å². The van der Waals surface area contributed by atoms with Crippen molar-refractivity contribution in [2.45, 2.75) is 11.3 Å². The van der Waals surface area contributed by atoms with Gasteiger partial charge in [0.1, 0.15) is 11.4 Å². The minimum absolute atomic E-state index is 0.489. The lowest BCUT2D eigenvalue weighted by atomic mass is 10.3. The van der Waals surface area contributed by atoms with Crippen molar-refractivity contribution in [1.29, 1.82) is 0 Å². The van der Waals surface area contributed by atoms with Crippen molar-refractivity contribution >= 4 is 22.5 Å². The molecule has 0 amide bonds. The average Bonchev–Trinajstić information content (AvgIpc) is 2.89. The molecule has 1 atom stereocenters. The standard InChI is InChI=1S/C12H14N2O2S2/c1-2-16-7-8-18(15)12-14-11(9-17-12)10-5-3-4-6-13-10/h3-6,9H,2,7-8H2,1H3. The Hall–Kier alpha value is -0.950. The molecule has 1 unspecified atom stereocenters. The van der Waals surface area contributed by atoms with Crippen molar-refractivity contribution in [2.24, 2.45) is 0 Å². The Bertz CT molecular complexity index is 476. The first-order valence-electron chi connectivity index (χ1n) is 5.64. The van der Waals surface area contributed by atoms with Gasteiger partial charge in [0.2, 0.25) is 0 Å². The Labute approximate surface area is 113 Å². The minimum atomic E-state index is -1.08. The highest BCUT2D eigenvalue weighted by atomic mass is 32.2. The van der Waals surface area contributed by atoms with E-state index in [1.807, 2.05) is 30.5 Å². The molecule has 0 saturated carbocycles. The van der Waals surface area contributed by atoms with Gasteiger partial charge in [-0.25, -0.2) is 0 Å². The van der Waals surface area contributed by atoms with Crippen LogP contribution in [-0.4, -0.2) is 33.5 Å². The van der Waals surface area contributed by atoms with E-state index in [9.17, 15) is 4.55 Å². The molecule has 0 spiro atoms. The van der Waals surface area contributed by atoms with Crippen LogP contribution in [0.25, 0.3) is 11.4 Å². The van der Waals surface area contributed by atoms with Gasteiger partial charge in [-0.1, -0.05) is 17.4 Å². The van der Waals surface area contributed by atoms with Crippen LogP contribution in [0.4, 0.5) is 0 Å². The first-order chi connectivity index (χ1) is 8.81. The number of thiazole rings is 1. The highest BCUT2D eigenvalue weighted by molar-refractivity contribution is 7.93. The number of ether oxygens (including phenoxy) is 1. The molecular formula is C12H14N2O2S2. The Kier molecular flexibility index (Phi) is 5.12. The Morgan fingerprint density at radius 1 is 1.39 bits per heavy atom. The molecule has 0 aliphatic rings. The summed E-state index contributed by atoms with van der Waals surface area (Å²) in [5.74, 6) is 0.489. The zero-order valence-electron chi connectivity index (χ0n) is 10.0. The van der Waals surface area contributed by atoms with Gasteiger partial charge in [0.25, 0.3) is 0 Å². The van der Waals surface area contributed by atoms with E-state index in [4.69, 9.17) is 4.74 Å². The molecule has 96 valence electrons. The Balaban J connectivity index is 2.02. The summed E-state index contributed by atoms with van der Waals surface area (Å²) in [6.07, 6.45) is 1.72. The molecule has 18 heavy (non-hydrogen) atoms.